The van der Waals surface area contributed by atoms with Crippen LogP contribution in [-0.2, 0) is 0 Å². The van der Waals surface area contributed by atoms with Crippen LogP contribution in [0, 0.1) is 17.9 Å². The van der Waals surface area contributed by atoms with Crippen molar-refractivity contribution in [1.82, 2.24) is 14.1 Å². The van der Waals surface area contributed by atoms with Gasteiger partial charge < -0.3 is 9.13 Å². The predicted octanol–water partition coefficient (Wildman–Crippen LogP) is 12.4. The van der Waals surface area contributed by atoms with Crippen LogP contribution < -0.4 is 0 Å². The summed E-state index contributed by atoms with van der Waals surface area (Å²) in [6, 6.07) is 44.8. The number of aromatic nitrogens is 3. The van der Waals surface area contributed by atoms with Crippen molar-refractivity contribution < 1.29 is 0 Å². The number of hydrogen-bond acceptors (Lipinski definition) is 4. The van der Waals surface area contributed by atoms with Gasteiger partial charge in [-0.05, 0) is 102 Å². The lowest BCUT2D eigenvalue weighted by atomic mass is 10.1. The molecule has 0 aliphatic carbocycles. The number of thiophene rings is 2. The Morgan fingerprint density at radius 1 is 0.580 bits per heavy atom. The van der Waals surface area contributed by atoms with Crippen LogP contribution in [0.25, 0.3) is 100 Å². The fourth-order valence-corrected chi connectivity index (χ4v) is 10.1. The summed E-state index contributed by atoms with van der Waals surface area (Å²) >= 11 is 3.63. The van der Waals surface area contributed by atoms with Crippen LogP contribution in [0.2, 0.25) is 0 Å². The number of nitriles is 1. The van der Waals surface area contributed by atoms with Gasteiger partial charge in [-0.2, -0.15) is 5.26 Å². The van der Waals surface area contributed by atoms with Crippen molar-refractivity contribution in [2.45, 2.75) is 0 Å². The Balaban J connectivity index is 1.16. The molecule has 0 aliphatic heterocycles. The molecule has 0 atom stereocenters. The van der Waals surface area contributed by atoms with E-state index >= 15 is 0 Å². The molecule has 5 heterocycles. The lowest BCUT2D eigenvalue weighted by molar-refractivity contribution is 1.18. The normalized spacial score (nSPS) is 12.0. The zero-order valence-corrected chi connectivity index (χ0v) is 27.8. The summed E-state index contributed by atoms with van der Waals surface area (Å²) in [6.07, 6.45) is 1.88. The van der Waals surface area contributed by atoms with Crippen LogP contribution in [0.1, 0.15) is 5.56 Å². The van der Waals surface area contributed by atoms with Crippen LogP contribution in [0.15, 0.2) is 128 Å². The Bertz CT molecular complexity index is 3290. The molecule has 11 aromatic rings. The van der Waals surface area contributed by atoms with E-state index in [1.54, 1.807) is 0 Å². The molecule has 0 saturated carbocycles. The van der Waals surface area contributed by atoms with E-state index in [0.29, 0.717) is 11.3 Å². The van der Waals surface area contributed by atoms with Crippen LogP contribution >= 0.6 is 22.7 Å². The van der Waals surface area contributed by atoms with Crippen molar-refractivity contribution in [3.63, 3.8) is 0 Å². The van der Waals surface area contributed by atoms with E-state index in [0.717, 1.165) is 38.7 Å². The number of rotatable bonds is 2. The average molecular weight is 672 g/mol. The summed E-state index contributed by atoms with van der Waals surface area (Å²) < 4.78 is 9.60. The molecule has 230 valence electrons. The fraction of sp³-hybridized carbons (Fsp3) is 0. The van der Waals surface area contributed by atoms with Gasteiger partial charge in [0.2, 0.25) is 0 Å². The van der Waals surface area contributed by atoms with Crippen molar-refractivity contribution >= 4 is 112 Å². The molecule has 11 rings (SSSR count). The lowest BCUT2D eigenvalue weighted by Crippen LogP contribution is -1.94. The summed E-state index contributed by atoms with van der Waals surface area (Å²) in [5, 5.41) is 17.7. The second-order valence-electron chi connectivity index (χ2n) is 12.6. The summed E-state index contributed by atoms with van der Waals surface area (Å²) in [6.45, 7) is 7.61. The van der Waals surface area contributed by atoms with Gasteiger partial charge in [0.15, 0.2) is 5.69 Å². The number of fused-ring (bicyclic) bond motifs is 13. The van der Waals surface area contributed by atoms with Crippen LogP contribution in [0.3, 0.4) is 0 Å². The Hall–Kier alpha value is -6.51. The highest BCUT2D eigenvalue weighted by Gasteiger charge is 2.19. The minimum absolute atomic E-state index is 0.584. The Kier molecular flexibility index (Phi) is 5.49. The molecule has 0 bridgehead atoms. The summed E-state index contributed by atoms with van der Waals surface area (Å²) in [7, 11) is 0. The second-order valence-corrected chi connectivity index (χ2v) is 14.7. The molecular formula is C43H21N5S2. The molecule has 0 amide bonds. The maximum atomic E-state index is 9.67. The zero-order valence-electron chi connectivity index (χ0n) is 26.2. The monoisotopic (exact) mass is 671 g/mol. The summed E-state index contributed by atoms with van der Waals surface area (Å²) in [5.74, 6) is 0. The van der Waals surface area contributed by atoms with E-state index in [-0.39, 0.29) is 0 Å². The Morgan fingerprint density at radius 2 is 1.28 bits per heavy atom. The largest absolute Gasteiger partial charge is 0.309 e. The molecular weight excluding hydrogens is 651 g/mol. The minimum Gasteiger partial charge on any atom is -0.309 e. The molecule has 0 spiro atoms. The molecule has 0 radical (unpaired) electrons. The van der Waals surface area contributed by atoms with Crippen molar-refractivity contribution in [3.8, 4) is 17.4 Å². The molecule has 5 nitrogen and oxygen atoms in total. The number of para-hydroxylation sites is 1. The van der Waals surface area contributed by atoms with Gasteiger partial charge in [0.1, 0.15) is 0 Å². The van der Waals surface area contributed by atoms with Gasteiger partial charge in [-0.3, -0.25) is 4.98 Å². The van der Waals surface area contributed by atoms with E-state index in [4.69, 9.17) is 11.6 Å². The quantitative estimate of drug-likeness (QED) is 0.172. The predicted molar refractivity (Wildman–Crippen MR) is 210 cm³/mol. The van der Waals surface area contributed by atoms with Crippen molar-refractivity contribution in [3.05, 3.63) is 145 Å². The lowest BCUT2D eigenvalue weighted by Gasteiger charge is -2.10. The smallest absolute Gasteiger partial charge is 0.188 e. The Labute approximate surface area is 292 Å². The number of benzene rings is 6. The van der Waals surface area contributed by atoms with Crippen molar-refractivity contribution in [2.75, 3.05) is 0 Å². The molecule has 7 heteroatoms. The van der Waals surface area contributed by atoms with E-state index < -0.39 is 0 Å². The van der Waals surface area contributed by atoms with Crippen LogP contribution in [-0.4, -0.2) is 14.1 Å². The molecule has 0 unspecified atom stereocenters. The maximum Gasteiger partial charge on any atom is 0.188 e. The molecule has 0 N–H and O–H groups in total. The number of nitrogens with zero attached hydrogens (tertiary/aromatic N) is 5. The van der Waals surface area contributed by atoms with Gasteiger partial charge in [0, 0.05) is 64.0 Å². The highest BCUT2D eigenvalue weighted by Crippen LogP contribution is 2.44. The van der Waals surface area contributed by atoms with Gasteiger partial charge in [-0.25, -0.2) is 4.85 Å². The first-order valence-corrected chi connectivity index (χ1v) is 17.8. The van der Waals surface area contributed by atoms with Crippen LogP contribution in [0.4, 0.5) is 5.69 Å². The third-order valence-corrected chi connectivity index (χ3v) is 12.3. The Morgan fingerprint density at radius 3 is 2.06 bits per heavy atom. The molecule has 50 heavy (non-hydrogen) atoms. The maximum absolute atomic E-state index is 9.67. The van der Waals surface area contributed by atoms with Gasteiger partial charge in [-0.1, -0.05) is 24.3 Å². The molecule has 0 fully saturated rings. The SMILES string of the molecule is [C-]#[N+]c1ccc2c(c1)c1cc(C#N)ccc1n2-c1ccc2sc3ccc(-n4c5ccccc5c5c6sc7cccnc7c6ccc54)cc3c2c1. The van der Waals surface area contributed by atoms with Gasteiger partial charge in [0.05, 0.1) is 50.5 Å². The number of pyridine rings is 1. The highest BCUT2D eigenvalue weighted by molar-refractivity contribution is 7.27. The third kappa shape index (κ3) is 3.65. The first kappa shape index (κ1) is 27.4. The van der Waals surface area contributed by atoms with E-state index in [1.807, 2.05) is 71.3 Å². The number of hydrogen-bond donors (Lipinski definition) is 0. The molecule has 0 saturated heterocycles. The first-order valence-electron chi connectivity index (χ1n) is 16.2. The topological polar surface area (TPSA) is 50.9 Å². The zero-order chi connectivity index (χ0) is 33.1. The van der Waals surface area contributed by atoms with Crippen LogP contribution in [0.5, 0.6) is 0 Å². The standard InChI is InChI=1S/C43H21N5S2/c1-45-25-9-14-36-31(20-25)30-19-24(23-44)8-13-35(30)47(36)26-10-16-38-32(21-26)33-22-27(11-17-39(33)49-38)48-34-6-3-2-5-28(34)41-37(48)15-12-29-42-40(50-43(29)41)7-4-18-46-42/h2-22H. The summed E-state index contributed by atoms with van der Waals surface area (Å²) in [5.41, 5.74) is 8.80. The fourth-order valence-electron chi connectivity index (χ4n) is 7.84. The molecule has 6 aromatic carbocycles. The third-order valence-electron chi connectivity index (χ3n) is 9.99. The van der Waals surface area contributed by atoms with Gasteiger partial charge >= 0.3 is 0 Å². The molecule has 0 aliphatic rings. The molecule has 5 aromatic heterocycles. The average Bonchev–Trinajstić information content (AvgIpc) is 3.91. The van der Waals surface area contributed by atoms with Gasteiger partial charge in [0.25, 0.3) is 0 Å². The van der Waals surface area contributed by atoms with Gasteiger partial charge in [-0.15, -0.1) is 22.7 Å². The van der Waals surface area contributed by atoms with E-state index in [1.165, 1.54) is 56.8 Å². The van der Waals surface area contributed by atoms with E-state index in [9.17, 15) is 5.26 Å². The van der Waals surface area contributed by atoms with Crippen molar-refractivity contribution in [2.24, 2.45) is 0 Å². The summed E-state index contributed by atoms with van der Waals surface area (Å²) in [4.78, 5) is 8.42. The van der Waals surface area contributed by atoms with Crippen molar-refractivity contribution in [1.29, 1.82) is 5.26 Å². The van der Waals surface area contributed by atoms with E-state index in [2.05, 4.69) is 98.9 Å². The second kappa shape index (κ2) is 10.0. The first-order chi connectivity index (χ1) is 24.7. The minimum atomic E-state index is 0.584. The highest BCUT2D eigenvalue weighted by atomic mass is 32.1.